The highest BCUT2D eigenvalue weighted by Gasteiger charge is 2.57. The number of rotatable bonds is 5. The fraction of sp³-hybridized carbons (Fsp3) is 0.857. The van der Waals surface area contributed by atoms with Crippen molar-refractivity contribution in [3.63, 3.8) is 0 Å². The van der Waals surface area contributed by atoms with E-state index in [1.807, 2.05) is 13.8 Å². The second-order valence-electron chi connectivity index (χ2n) is 6.42. The molecule has 0 aromatic rings. The minimum Gasteiger partial charge on any atom is -0.342 e. The van der Waals surface area contributed by atoms with E-state index < -0.39 is 24.6 Å². The summed E-state index contributed by atoms with van der Waals surface area (Å²) in [6.07, 6.45) is -0.523. The Morgan fingerprint density at radius 3 is 2.40 bits per heavy atom. The first-order chi connectivity index (χ1) is 9.26. The van der Waals surface area contributed by atoms with Gasteiger partial charge in [-0.2, -0.15) is 0 Å². The quantitative estimate of drug-likeness (QED) is 0.838. The molecule has 2 aliphatic rings. The summed E-state index contributed by atoms with van der Waals surface area (Å²) in [6, 6.07) is -0.673. The molecule has 2 rings (SSSR count). The van der Waals surface area contributed by atoms with Crippen molar-refractivity contribution in [3.8, 4) is 0 Å². The van der Waals surface area contributed by atoms with E-state index in [0.717, 1.165) is 17.7 Å². The van der Waals surface area contributed by atoms with Gasteiger partial charge < -0.3 is 10.2 Å². The molecule has 2 amide bonds. The monoisotopic (exact) mass is 288 g/mol. The molecule has 4 nitrogen and oxygen atoms in total. The maximum absolute atomic E-state index is 12.8. The molecular weight excluding hydrogens is 266 g/mol. The van der Waals surface area contributed by atoms with Gasteiger partial charge in [-0.25, -0.2) is 8.78 Å². The Balaban J connectivity index is 2.26. The van der Waals surface area contributed by atoms with Crippen LogP contribution in [0.15, 0.2) is 0 Å². The summed E-state index contributed by atoms with van der Waals surface area (Å²) in [4.78, 5) is 26.0. The lowest BCUT2D eigenvalue weighted by Gasteiger charge is -2.46. The van der Waals surface area contributed by atoms with E-state index in [2.05, 4.69) is 5.32 Å². The van der Waals surface area contributed by atoms with Crippen molar-refractivity contribution in [2.75, 3.05) is 6.54 Å². The number of nitrogens with one attached hydrogen (secondary N) is 1. The molecule has 114 valence electrons. The lowest BCUT2D eigenvalue weighted by atomic mass is 9.86. The summed E-state index contributed by atoms with van der Waals surface area (Å²) in [5.74, 6) is -0.438. The average molecular weight is 288 g/mol. The number of halogens is 2. The summed E-state index contributed by atoms with van der Waals surface area (Å²) in [6.45, 7) is 4.83. The van der Waals surface area contributed by atoms with Gasteiger partial charge in [0.1, 0.15) is 11.6 Å². The van der Waals surface area contributed by atoms with Crippen LogP contribution in [0.5, 0.6) is 0 Å². The van der Waals surface area contributed by atoms with Crippen molar-refractivity contribution in [3.05, 3.63) is 0 Å². The fourth-order valence-corrected chi connectivity index (χ4v) is 3.01. The summed E-state index contributed by atoms with van der Waals surface area (Å²) < 4.78 is 25.6. The highest BCUT2D eigenvalue weighted by Crippen LogP contribution is 2.45. The van der Waals surface area contributed by atoms with Gasteiger partial charge in [-0.1, -0.05) is 13.8 Å². The molecule has 1 saturated carbocycles. The standard InChI is InChI=1S/C14H22F2N2O2/c1-8(2)6-10-12(19)18(7-11(15)16)14(3,9-4-5-9)13(20)17-10/h8-11H,4-7H2,1-3H3,(H,17,20). The third-order valence-corrected chi connectivity index (χ3v) is 4.29. The third-order valence-electron chi connectivity index (χ3n) is 4.29. The normalized spacial score (nSPS) is 31.1. The van der Waals surface area contributed by atoms with Crippen molar-refractivity contribution >= 4 is 11.8 Å². The Kier molecular flexibility index (Phi) is 4.02. The van der Waals surface area contributed by atoms with Crippen LogP contribution in [0, 0.1) is 11.8 Å². The minimum absolute atomic E-state index is 0.00481. The Morgan fingerprint density at radius 1 is 1.35 bits per heavy atom. The molecule has 1 saturated heterocycles. The average Bonchev–Trinajstić information content (AvgIpc) is 3.15. The number of hydrogen-bond acceptors (Lipinski definition) is 2. The van der Waals surface area contributed by atoms with Gasteiger partial charge in [0.15, 0.2) is 0 Å². The first-order valence-electron chi connectivity index (χ1n) is 7.17. The molecule has 0 aromatic heterocycles. The molecular formula is C14H22F2N2O2. The number of hydrogen-bond donors (Lipinski definition) is 1. The zero-order chi connectivity index (χ0) is 15.1. The molecule has 0 spiro atoms. The highest BCUT2D eigenvalue weighted by atomic mass is 19.3. The van der Waals surface area contributed by atoms with Gasteiger partial charge in [-0.3, -0.25) is 9.59 Å². The summed E-state index contributed by atoms with van der Waals surface area (Å²) in [7, 11) is 0. The zero-order valence-electron chi connectivity index (χ0n) is 12.2. The van der Waals surface area contributed by atoms with Crippen molar-refractivity contribution in [2.45, 2.75) is 58.0 Å². The molecule has 0 bridgehead atoms. The van der Waals surface area contributed by atoms with Crippen LogP contribution in [0.1, 0.15) is 40.0 Å². The van der Waals surface area contributed by atoms with E-state index in [0.29, 0.717) is 6.42 Å². The molecule has 2 atom stereocenters. The van der Waals surface area contributed by atoms with Gasteiger partial charge in [0.25, 0.3) is 6.43 Å². The Morgan fingerprint density at radius 2 is 1.95 bits per heavy atom. The van der Waals surface area contributed by atoms with Crippen LogP contribution < -0.4 is 5.32 Å². The van der Waals surface area contributed by atoms with Crippen molar-refractivity contribution in [1.29, 1.82) is 0 Å². The smallest absolute Gasteiger partial charge is 0.255 e. The van der Waals surface area contributed by atoms with Gasteiger partial charge in [0, 0.05) is 0 Å². The molecule has 2 unspecified atom stereocenters. The molecule has 1 N–H and O–H groups in total. The van der Waals surface area contributed by atoms with E-state index in [-0.39, 0.29) is 23.7 Å². The lowest BCUT2D eigenvalue weighted by Crippen LogP contribution is -2.71. The first-order valence-corrected chi connectivity index (χ1v) is 7.17. The molecule has 1 aliphatic heterocycles. The number of piperazine rings is 1. The molecule has 2 fully saturated rings. The van der Waals surface area contributed by atoms with Crippen LogP contribution in [-0.2, 0) is 9.59 Å². The van der Waals surface area contributed by atoms with Crippen molar-refractivity contribution < 1.29 is 18.4 Å². The molecule has 0 aromatic carbocycles. The van der Waals surface area contributed by atoms with Crippen LogP contribution in [0.4, 0.5) is 8.78 Å². The minimum atomic E-state index is -2.62. The SMILES string of the molecule is CC(C)CC1NC(=O)C(C)(C2CC2)N(CC(F)F)C1=O. The third kappa shape index (κ3) is 2.65. The topological polar surface area (TPSA) is 49.4 Å². The maximum atomic E-state index is 12.8. The number of amides is 2. The van der Waals surface area contributed by atoms with Crippen LogP contribution >= 0.6 is 0 Å². The van der Waals surface area contributed by atoms with Gasteiger partial charge in [0.05, 0.1) is 6.54 Å². The van der Waals surface area contributed by atoms with E-state index in [1.165, 1.54) is 0 Å². The van der Waals surface area contributed by atoms with Gasteiger partial charge in [-0.15, -0.1) is 0 Å². The second-order valence-corrected chi connectivity index (χ2v) is 6.42. The van der Waals surface area contributed by atoms with E-state index in [4.69, 9.17) is 0 Å². The summed E-state index contributed by atoms with van der Waals surface area (Å²) in [5, 5.41) is 2.74. The number of nitrogens with zero attached hydrogens (tertiary/aromatic N) is 1. The van der Waals surface area contributed by atoms with E-state index in [9.17, 15) is 18.4 Å². The summed E-state index contributed by atoms with van der Waals surface area (Å²) >= 11 is 0. The van der Waals surface area contributed by atoms with Crippen LogP contribution in [0.3, 0.4) is 0 Å². The predicted molar refractivity (Wildman–Crippen MR) is 70.2 cm³/mol. The van der Waals surface area contributed by atoms with Gasteiger partial charge in [0.2, 0.25) is 11.8 Å². The van der Waals surface area contributed by atoms with Crippen molar-refractivity contribution in [1.82, 2.24) is 10.2 Å². The summed E-state index contributed by atoms with van der Waals surface area (Å²) in [5.41, 5.74) is -1.11. The highest BCUT2D eigenvalue weighted by molar-refractivity contribution is 6.00. The Labute approximate surface area is 117 Å². The largest absolute Gasteiger partial charge is 0.342 e. The molecule has 1 aliphatic carbocycles. The maximum Gasteiger partial charge on any atom is 0.255 e. The molecule has 0 radical (unpaired) electrons. The van der Waals surface area contributed by atoms with Crippen LogP contribution in [0.25, 0.3) is 0 Å². The Hall–Kier alpha value is -1.20. The fourth-order valence-electron chi connectivity index (χ4n) is 3.01. The second kappa shape index (κ2) is 5.30. The van der Waals surface area contributed by atoms with Gasteiger partial charge >= 0.3 is 0 Å². The van der Waals surface area contributed by atoms with Crippen LogP contribution in [-0.4, -0.2) is 41.3 Å². The van der Waals surface area contributed by atoms with E-state index in [1.54, 1.807) is 6.92 Å². The number of alkyl halides is 2. The number of carbonyl (C=O) groups is 2. The predicted octanol–water partition coefficient (Wildman–Crippen LogP) is 1.79. The molecule has 20 heavy (non-hydrogen) atoms. The Bertz CT molecular complexity index is 410. The number of carbonyl (C=O) groups excluding carboxylic acids is 2. The van der Waals surface area contributed by atoms with E-state index >= 15 is 0 Å². The van der Waals surface area contributed by atoms with Crippen LogP contribution in [0.2, 0.25) is 0 Å². The molecule has 1 heterocycles. The van der Waals surface area contributed by atoms with Gasteiger partial charge in [-0.05, 0) is 38.0 Å². The van der Waals surface area contributed by atoms with Crippen molar-refractivity contribution in [2.24, 2.45) is 11.8 Å². The zero-order valence-corrected chi connectivity index (χ0v) is 12.2. The molecule has 6 heteroatoms. The lowest BCUT2D eigenvalue weighted by molar-refractivity contribution is -0.161. The first kappa shape index (κ1) is 15.2.